The van der Waals surface area contributed by atoms with Crippen molar-refractivity contribution in [2.75, 3.05) is 12.3 Å². The lowest BCUT2D eigenvalue weighted by Gasteiger charge is -2.06. The van der Waals surface area contributed by atoms with Gasteiger partial charge in [0, 0.05) is 5.56 Å². The lowest BCUT2D eigenvalue weighted by Crippen LogP contribution is -2.32. The Labute approximate surface area is 124 Å². The summed E-state index contributed by atoms with van der Waals surface area (Å²) in [6.07, 6.45) is 0.426. The van der Waals surface area contributed by atoms with E-state index in [4.69, 9.17) is 0 Å². The summed E-state index contributed by atoms with van der Waals surface area (Å²) in [7, 11) is -3.45. The molecule has 0 heterocycles. The van der Waals surface area contributed by atoms with Gasteiger partial charge in [0.2, 0.25) is 10.0 Å². The second kappa shape index (κ2) is 7.15. The van der Waals surface area contributed by atoms with E-state index in [1.165, 1.54) is 0 Å². The topological polar surface area (TPSA) is 63.2 Å². The zero-order valence-corrected chi connectivity index (χ0v) is 12.3. The number of carbonyl (C=O) groups excluding carboxylic acids is 1. The fraction of sp³-hybridized carbons (Fsp3) is 0.188. The van der Waals surface area contributed by atoms with Crippen LogP contribution in [0.15, 0.2) is 60.7 Å². The molecule has 0 unspecified atom stereocenters. The minimum atomic E-state index is -3.45. The van der Waals surface area contributed by atoms with Crippen molar-refractivity contribution in [2.24, 2.45) is 0 Å². The van der Waals surface area contributed by atoms with Crippen molar-refractivity contribution in [1.82, 2.24) is 4.72 Å². The number of Topliss-reactive ketones (excluding diaryl/α,β-unsaturated/α-hetero) is 1. The minimum Gasteiger partial charge on any atom is -0.293 e. The molecule has 2 rings (SSSR count). The first-order chi connectivity index (χ1) is 10.1. The van der Waals surface area contributed by atoms with Crippen molar-refractivity contribution in [2.45, 2.75) is 6.42 Å². The second-order valence-electron chi connectivity index (χ2n) is 4.66. The Hall–Kier alpha value is -1.98. The first-order valence-corrected chi connectivity index (χ1v) is 8.31. The molecule has 4 nitrogen and oxygen atoms in total. The Morgan fingerprint density at radius 1 is 0.905 bits per heavy atom. The Morgan fingerprint density at radius 3 is 2.10 bits per heavy atom. The summed E-state index contributed by atoms with van der Waals surface area (Å²) in [6.45, 7) is -0.207. The molecule has 0 fully saturated rings. The van der Waals surface area contributed by atoms with Crippen LogP contribution < -0.4 is 4.72 Å². The molecule has 5 heteroatoms. The molecule has 21 heavy (non-hydrogen) atoms. The molecular formula is C16H17NO3S. The monoisotopic (exact) mass is 303 g/mol. The quantitative estimate of drug-likeness (QED) is 0.796. The lowest BCUT2D eigenvalue weighted by atomic mass is 10.1. The van der Waals surface area contributed by atoms with Gasteiger partial charge in [-0.1, -0.05) is 60.7 Å². The zero-order chi connectivity index (χ0) is 15.1. The van der Waals surface area contributed by atoms with Gasteiger partial charge in [0.15, 0.2) is 5.78 Å². The molecule has 2 aromatic carbocycles. The molecule has 1 N–H and O–H groups in total. The molecule has 0 atom stereocenters. The third-order valence-electron chi connectivity index (χ3n) is 3.05. The van der Waals surface area contributed by atoms with Gasteiger partial charge in [-0.2, -0.15) is 0 Å². The molecule has 0 aliphatic heterocycles. The normalized spacial score (nSPS) is 11.2. The third kappa shape index (κ3) is 5.13. The number of rotatable bonds is 7. The molecule has 110 valence electrons. The molecule has 0 aliphatic rings. The number of benzene rings is 2. The van der Waals surface area contributed by atoms with Gasteiger partial charge in [-0.15, -0.1) is 0 Å². The highest BCUT2D eigenvalue weighted by atomic mass is 32.2. The molecular weight excluding hydrogens is 286 g/mol. The molecule has 0 radical (unpaired) electrons. The molecule has 0 saturated heterocycles. The average Bonchev–Trinajstić information content (AvgIpc) is 2.53. The van der Waals surface area contributed by atoms with E-state index in [9.17, 15) is 13.2 Å². The predicted molar refractivity (Wildman–Crippen MR) is 82.7 cm³/mol. The van der Waals surface area contributed by atoms with Gasteiger partial charge in [-0.25, -0.2) is 13.1 Å². The fourth-order valence-electron chi connectivity index (χ4n) is 1.87. The van der Waals surface area contributed by atoms with Crippen LogP contribution in [-0.2, 0) is 16.4 Å². The van der Waals surface area contributed by atoms with Gasteiger partial charge in [-0.05, 0) is 12.0 Å². The molecule has 0 saturated carbocycles. The maximum atomic E-state index is 11.9. The Morgan fingerprint density at radius 2 is 1.48 bits per heavy atom. The number of ketones is 1. The number of aryl methyl sites for hydroxylation is 1. The molecule has 2 aromatic rings. The van der Waals surface area contributed by atoms with Gasteiger partial charge < -0.3 is 0 Å². The van der Waals surface area contributed by atoms with Gasteiger partial charge in [0.1, 0.15) is 0 Å². The number of sulfonamides is 1. The van der Waals surface area contributed by atoms with Crippen molar-refractivity contribution in [3.05, 3.63) is 71.8 Å². The smallest absolute Gasteiger partial charge is 0.212 e. The molecule has 0 amide bonds. The summed E-state index contributed by atoms with van der Waals surface area (Å²) >= 11 is 0. The van der Waals surface area contributed by atoms with Crippen LogP contribution in [0.4, 0.5) is 0 Å². The Balaban J connectivity index is 1.85. The van der Waals surface area contributed by atoms with Crippen LogP contribution in [0.1, 0.15) is 15.9 Å². The number of carbonyl (C=O) groups is 1. The highest BCUT2D eigenvalue weighted by Gasteiger charge is 2.13. The third-order valence-corrected chi connectivity index (χ3v) is 4.38. The summed E-state index contributed by atoms with van der Waals surface area (Å²) in [6, 6.07) is 18.0. The van der Waals surface area contributed by atoms with Crippen LogP contribution in [-0.4, -0.2) is 26.5 Å². The summed E-state index contributed by atoms with van der Waals surface area (Å²) in [5.41, 5.74) is 1.46. The Bertz CT molecular complexity index is 682. The van der Waals surface area contributed by atoms with E-state index < -0.39 is 10.0 Å². The highest BCUT2D eigenvalue weighted by Crippen LogP contribution is 2.02. The average molecular weight is 303 g/mol. The van der Waals surface area contributed by atoms with E-state index in [-0.39, 0.29) is 18.1 Å². The fourth-order valence-corrected chi connectivity index (χ4v) is 2.87. The summed E-state index contributed by atoms with van der Waals surface area (Å²) in [5, 5.41) is 0. The SMILES string of the molecule is O=C(CNS(=O)(=O)CCc1ccccc1)c1ccccc1. The summed E-state index contributed by atoms with van der Waals surface area (Å²) in [4.78, 5) is 11.8. The van der Waals surface area contributed by atoms with Crippen molar-refractivity contribution in [1.29, 1.82) is 0 Å². The second-order valence-corrected chi connectivity index (χ2v) is 6.59. The van der Waals surface area contributed by atoms with E-state index in [1.54, 1.807) is 30.3 Å². The predicted octanol–water partition coefficient (Wildman–Crippen LogP) is 2.03. The molecule has 0 spiro atoms. The van der Waals surface area contributed by atoms with E-state index in [0.29, 0.717) is 12.0 Å². The molecule has 0 bridgehead atoms. The largest absolute Gasteiger partial charge is 0.293 e. The van der Waals surface area contributed by atoms with Crippen molar-refractivity contribution in [3.63, 3.8) is 0 Å². The van der Waals surface area contributed by atoms with Gasteiger partial charge in [0.05, 0.1) is 12.3 Å². The van der Waals surface area contributed by atoms with Crippen molar-refractivity contribution < 1.29 is 13.2 Å². The highest BCUT2D eigenvalue weighted by molar-refractivity contribution is 7.89. The first-order valence-electron chi connectivity index (χ1n) is 6.66. The van der Waals surface area contributed by atoms with Crippen LogP contribution in [0, 0.1) is 0 Å². The maximum absolute atomic E-state index is 11.9. The van der Waals surface area contributed by atoms with Gasteiger partial charge in [-0.3, -0.25) is 4.79 Å². The van der Waals surface area contributed by atoms with Crippen LogP contribution in [0.2, 0.25) is 0 Å². The van der Waals surface area contributed by atoms with Gasteiger partial charge in [0.25, 0.3) is 0 Å². The van der Waals surface area contributed by atoms with E-state index in [1.807, 2.05) is 30.3 Å². The molecule has 0 aromatic heterocycles. The van der Waals surface area contributed by atoms with E-state index in [0.717, 1.165) is 5.56 Å². The number of hydrogen-bond acceptors (Lipinski definition) is 3. The Kier molecular flexibility index (Phi) is 5.25. The van der Waals surface area contributed by atoms with Crippen LogP contribution in [0.5, 0.6) is 0 Å². The van der Waals surface area contributed by atoms with Crippen LogP contribution in [0.25, 0.3) is 0 Å². The lowest BCUT2D eigenvalue weighted by molar-refractivity contribution is 0.0997. The summed E-state index contributed by atoms with van der Waals surface area (Å²) < 4.78 is 26.1. The number of nitrogens with one attached hydrogen (secondary N) is 1. The van der Waals surface area contributed by atoms with Crippen LogP contribution >= 0.6 is 0 Å². The van der Waals surface area contributed by atoms with Crippen molar-refractivity contribution in [3.8, 4) is 0 Å². The maximum Gasteiger partial charge on any atom is 0.212 e. The first kappa shape index (κ1) is 15.4. The van der Waals surface area contributed by atoms with E-state index >= 15 is 0 Å². The minimum absolute atomic E-state index is 0.0287. The standard InChI is InChI=1S/C16H17NO3S/c18-16(15-9-5-2-6-10-15)13-17-21(19,20)12-11-14-7-3-1-4-8-14/h1-10,17H,11-13H2. The van der Waals surface area contributed by atoms with Crippen molar-refractivity contribution >= 4 is 15.8 Å². The summed E-state index contributed by atoms with van der Waals surface area (Å²) in [5.74, 6) is -0.266. The van der Waals surface area contributed by atoms with E-state index in [2.05, 4.69) is 4.72 Å². The van der Waals surface area contributed by atoms with Crippen LogP contribution in [0.3, 0.4) is 0 Å². The zero-order valence-electron chi connectivity index (χ0n) is 11.5. The molecule has 0 aliphatic carbocycles. The number of hydrogen-bond donors (Lipinski definition) is 1. The van der Waals surface area contributed by atoms with Gasteiger partial charge >= 0.3 is 0 Å².